The Bertz CT molecular complexity index is 1420. The molecule has 9 nitrogen and oxygen atoms in total. The van der Waals surface area contributed by atoms with Gasteiger partial charge in [0, 0.05) is 28.9 Å². The van der Waals surface area contributed by atoms with E-state index >= 15 is 0 Å². The molecule has 2 N–H and O–H groups in total. The second kappa shape index (κ2) is 8.58. The molecule has 4 rings (SSSR count). The Morgan fingerprint density at radius 1 is 1.06 bits per heavy atom. The number of rotatable bonds is 5. The number of fused-ring (bicyclic) bond motifs is 1. The zero-order chi connectivity index (χ0) is 24.6. The van der Waals surface area contributed by atoms with E-state index in [0.29, 0.717) is 22.7 Å². The summed E-state index contributed by atoms with van der Waals surface area (Å²) in [5.41, 5.74) is 4.34. The molecule has 0 fully saturated rings. The molecule has 4 aromatic rings. The number of hydrogen-bond acceptors (Lipinski definition) is 6. The van der Waals surface area contributed by atoms with Crippen LogP contribution in [0.3, 0.4) is 0 Å². The smallest absolute Gasteiger partial charge is 0.341 e. The van der Waals surface area contributed by atoms with Crippen molar-refractivity contribution in [1.82, 2.24) is 19.6 Å². The predicted octanol–water partition coefficient (Wildman–Crippen LogP) is 4.46. The van der Waals surface area contributed by atoms with E-state index in [0.717, 1.165) is 16.8 Å². The van der Waals surface area contributed by atoms with Gasteiger partial charge < -0.3 is 15.2 Å². The van der Waals surface area contributed by atoms with Crippen LogP contribution in [0.1, 0.15) is 36.7 Å². The predicted molar refractivity (Wildman–Crippen MR) is 128 cm³/mol. The molecule has 3 aromatic heterocycles. The number of aryl methyl sites for hydroxylation is 1. The molecule has 1 amide bonds. The first-order chi connectivity index (χ1) is 16.1. The minimum absolute atomic E-state index is 0.0222. The lowest BCUT2D eigenvalue weighted by Gasteiger charge is -2.19. The third kappa shape index (κ3) is 4.45. The number of carboxylic acid groups (broad SMARTS) is 1. The lowest BCUT2D eigenvalue weighted by atomic mass is 9.95. The number of aromatic carboxylic acids is 1. The van der Waals surface area contributed by atoms with Crippen LogP contribution >= 0.6 is 0 Å². The Balaban J connectivity index is 1.69. The first-order valence-corrected chi connectivity index (χ1v) is 10.6. The van der Waals surface area contributed by atoms with Crippen LogP contribution in [-0.4, -0.2) is 43.7 Å². The van der Waals surface area contributed by atoms with E-state index in [1.165, 1.54) is 13.3 Å². The van der Waals surface area contributed by atoms with Gasteiger partial charge in [-0.3, -0.25) is 9.78 Å². The second-order valence-corrected chi connectivity index (χ2v) is 8.96. The van der Waals surface area contributed by atoms with E-state index in [-0.39, 0.29) is 17.2 Å². The molecule has 0 bridgehead atoms. The fourth-order valence-electron chi connectivity index (χ4n) is 3.29. The highest BCUT2D eigenvalue weighted by Crippen LogP contribution is 2.28. The summed E-state index contributed by atoms with van der Waals surface area (Å²) in [7, 11) is 1.41. The largest absolute Gasteiger partial charge is 0.496 e. The van der Waals surface area contributed by atoms with Crippen molar-refractivity contribution in [1.29, 1.82) is 0 Å². The number of methoxy groups -OCH3 is 1. The molecule has 3 heterocycles. The SMILES string of the molecule is COc1cc(-c2ccc3nc(-c4ccc(C)c(NC(=O)C(C)(C)C)c4)cn3n2)ncc1C(=O)O. The average Bonchev–Trinajstić information content (AvgIpc) is 3.22. The van der Waals surface area contributed by atoms with Crippen molar-refractivity contribution >= 4 is 23.2 Å². The van der Waals surface area contributed by atoms with Crippen molar-refractivity contribution < 1.29 is 19.4 Å². The normalized spacial score (nSPS) is 11.4. The molecule has 0 radical (unpaired) electrons. The van der Waals surface area contributed by atoms with Gasteiger partial charge in [0.25, 0.3) is 0 Å². The van der Waals surface area contributed by atoms with Gasteiger partial charge in [-0.2, -0.15) is 5.10 Å². The summed E-state index contributed by atoms with van der Waals surface area (Å²) in [6.07, 6.45) is 3.04. The number of nitrogens with one attached hydrogen (secondary N) is 1. The summed E-state index contributed by atoms with van der Waals surface area (Å²) in [6.45, 7) is 7.54. The molecular weight excluding hydrogens is 434 g/mol. The van der Waals surface area contributed by atoms with Crippen molar-refractivity contribution in [3.05, 3.63) is 59.9 Å². The van der Waals surface area contributed by atoms with Crippen LogP contribution in [0.5, 0.6) is 5.75 Å². The lowest BCUT2D eigenvalue weighted by molar-refractivity contribution is -0.123. The van der Waals surface area contributed by atoms with Crippen molar-refractivity contribution in [3.63, 3.8) is 0 Å². The van der Waals surface area contributed by atoms with Crippen molar-refractivity contribution in [2.75, 3.05) is 12.4 Å². The molecule has 0 unspecified atom stereocenters. The summed E-state index contributed by atoms with van der Waals surface area (Å²) >= 11 is 0. The number of aromatic nitrogens is 4. The fraction of sp³-hybridized carbons (Fsp3) is 0.240. The van der Waals surface area contributed by atoms with Gasteiger partial charge in [-0.25, -0.2) is 14.3 Å². The molecule has 0 aliphatic heterocycles. The van der Waals surface area contributed by atoms with E-state index in [9.17, 15) is 14.7 Å². The number of nitrogens with zero attached hydrogens (tertiary/aromatic N) is 4. The number of carbonyl (C=O) groups excluding carboxylic acids is 1. The first-order valence-electron chi connectivity index (χ1n) is 10.6. The Hall–Kier alpha value is -4.27. The number of benzene rings is 1. The van der Waals surface area contributed by atoms with Gasteiger partial charge in [0.1, 0.15) is 17.0 Å². The number of pyridine rings is 1. The fourth-order valence-corrected chi connectivity index (χ4v) is 3.29. The van der Waals surface area contributed by atoms with Crippen molar-refractivity contribution in [2.45, 2.75) is 27.7 Å². The van der Waals surface area contributed by atoms with Crippen LogP contribution < -0.4 is 10.1 Å². The number of carbonyl (C=O) groups is 2. The maximum atomic E-state index is 12.5. The van der Waals surface area contributed by atoms with Gasteiger partial charge in [0.05, 0.1) is 24.7 Å². The number of anilines is 1. The van der Waals surface area contributed by atoms with Gasteiger partial charge in [-0.15, -0.1) is 0 Å². The van der Waals surface area contributed by atoms with E-state index in [1.54, 1.807) is 22.8 Å². The van der Waals surface area contributed by atoms with E-state index in [4.69, 9.17) is 4.74 Å². The molecule has 9 heteroatoms. The number of hydrogen-bond donors (Lipinski definition) is 2. The minimum Gasteiger partial charge on any atom is -0.496 e. The molecule has 0 atom stereocenters. The Morgan fingerprint density at radius 2 is 1.82 bits per heavy atom. The highest BCUT2D eigenvalue weighted by atomic mass is 16.5. The standard InChI is InChI=1S/C25H25N5O4/c1-14-6-7-15(10-18(14)28-24(33)25(2,3)4)20-13-30-22(27-20)9-8-17(29-30)19-11-21(34-5)16(12-26-19)23(31)32/h6-13H,1-5H3,(H,28,33)(H,31,32). The zero-order valence-electron chi connectivity index (χ0n) is 19.6. The van der Waals surface area contributed by atoms with Crippen LogP contribution in [0.2, 0.25) is 0 Å². The Kier molecular flexibility index (Phi) is 5.78. The Morgan fingerprint density at radius 3 is 2.50 bits per heavy atom. The maximum Gasteiger partial charge on any atom is 0.341 e. The summed E-state index contributed by atoms with van der Waals surface area (Å²) in [5, 5.41) is 16.8. The number of amides is 1. The summed E-state index contributed by atoms with van der Waals surface area (Å²) in [5.74, 6) is -0.976. The summed E-state index contributed by atoms with van der Waals surface area (Å²) in [4.78, 5) is 32.7. The molecule has 34 heavy (non-hydrogen) atoms. The lowest BCUT2D eigenvalue weighted by Crippen LogP contribution is -2.27. The molecule has 0 aliphatic rings. The number of carboxylic acids is 1. The van der Waals surface area contributed by atoms with Crippen LogP contribution in [0.25, 0.3) is 28.3 Å². The third-order valence-corrected chi connectivity index (χ3v) is 5.36. The van der Waals surface area contributed by atoms with Crippen LogP contribution in [0, 0.1) is 12.3 Å². The summed E-state index contributed by atoms with van der Waals surface area (Å²) < 4.78 is 6.83. The van der Waals surface area contributed by atoms with Crippen molar-refractivity contribution in [2.24, 2.45) is 5.41 Å². The molecule has 0 aliphatic carbocycles. The van der Waals surface area contributed by atoms with Gasteiger partial charge in [-0.05, 0) is 30.7 Å². The average molecular weight is 460 g/mol. The maximum absolute atomic E-state index is 12.5. The molecule has 0 spiro atoms. The monoisotopic (exact) mass is 459 g/mol. The molecule has 174 valence electrons. The van der Waals surface area contributed by atoms with Crippen LogP contribution in [0.15, 0.2) is 48.8 Å². The number of ether oxygens (including phenoxy) is 1. The quantitative estimate of drug-likeness (QED) is 0.452. The molecule has 1 aromatic carbocycles. The van der Waals surface area contributed by atoms with E-state index in [2.05, 4.69) is 20.4 Å². The van der Waals surface area contributed by atoms with Crippen LogP contribution in [0.4, 0.5) is 5.69 Å². The second-order valence-electron chi connectivity index (χ2n) is 8.96. The van der Waals surface area contributed by atoms with Gasteiger partial charge in [0.15, 0.2) is 5.65 Å². The molecular formula is C25H25N5O4. The van der Waals surface area contributed by atoms with Gasteiger partial charge in [0.2, 0.25) is 5.91 Å². The molecule has 0 saturated heterocycles. The Labute approximate surface area is 196 Å². The highest BCUT2D eigenvalue weighted by Gasteiger charge is 2.22. The topological polar surface area (TPSA) is 119 Å². The minimum atomic E-state index is -1.12. The van der Waals surface area contributed by atoms with E-state index < -0.39 is 11.4 Å². The molecule has 0 saturated carbocycles. The first kappa shape index (κ1) is 22.9. The van der Waals surface area contributed by atoms with Crippen molar-refractivity contribution in [3.8, 4) is 28.4 Å². The van der Waals surface area contributed by atoms with Crippen LogP contribution in [-0.2, 0) is 4.79 Å². The van der Waals surface area contributed by atoms with E-state index in [1.807, 2.05) is 52.0 Å². The number of imidazole rings is 1. The highest BCUT2D eigenvalue weighted by molar-refractivity contribution is 5.95. The third-order valence-electron chi connectivity index (χ3n) is 5.36. The summed E-state index contributed by atoms with van der Waals surface area (Å²) in [6, 6.07) is 10.9. The zero-order valence-corrected chi connectivity index (χ0v) is 19.6. The van der Waals surface area contributed by atoms with Gasteiger partial charge in [-0.1, -0.05) is 32.9 Å². The van der Waals surface area contributed by atoms with Gasteiger partial charge >= 0.3 is 5.97 Å².